The molecule has 0 aliphatic rings. The molecule has 1 unspecified atom stereocenters. The third-order valence-electron chi connectivity index (χ3n) is 4.37. The van der Waals surface area contributed by atoms with Crippen LogP contribution in [0.2, 0.25) is 0 Å². The van der Waals surface area contributed by atoms with Crippen molar-refractivity contribution in [2.45, 2.75) is 78.9 Å². The van der Waals surface area contributed by atoms with Gasteiger partial charge in [0.25, 0.3) is 0 Å². The summed E-state index contributed by atoms with van der Waals surface area (Å²) in [6, 6.07) is 6.64. The molecule has 0 saturated carbocycles. The van der Waals surface area contributed by atoms with Crippen LogP contribution in [0.1, 0.15) is 65.0 Å². The average Bonchev–Trinajstić information content (AvgIpc) is 2.55. The lowest BCUT2D eigenvalue weighted by Gasteiger charge is -2.26. The Morgan fingerprint density at radius 3 is 2.48 bits per heavy atom. The maximum absolute atomic E-state index is 12.2. The minimum Gasteiger partial charge on any atom is -0.444 e. The highest BCUT2D eigenvalue weighted by Crippen LogP contribution is 2.22. The zero-order valence-electron chi connectivity index (χ0n) is 17.9. The zero-order chi connectivity index (χ0) is 20.4. The van der Waals surface area contributed by atoms with Gasteiger partial charge < -0.3 is 15.0 Å². The molecule has 0 spiro atoms. The van der Waals surface area contributed by atoms with Crippen LogP contribution in [-0.4, -0.2) is 36.7 Å². The highest BCUT2D eigenvalue weighted by atomic mass is 35.5. The predicted molar refractivity (Wildman–Crippen MR) is 116 cm³/mol. The fourth-order valence-electron chi connectivity index (χ4n) is 3.13. The summed E-state index contributed by atoms with van der Waals surface area (Å²) in [4.78, 5) is 14.5. The number of hydrogen-bond acceptors (Lipinski definition) is 3. The normalized spacial score (nSPS) is 12.6. The largest absolute Gasteiger partial charge is 0.444 e. The van der Waals surface area contributed by atoms with Crippen molar-refractivity contribution in [2.24, 2.45) is 0 Å². The topological polar surface area (TPSA) is 41.6 Å². The van der Waals surface area contributed by atoms with Crippen molar-refractivity contribution in [3.05, 3.63) is 29.3 Å². The van der Waals surface area contributed by atoms with Crippen molar-refractivity contribution in [3.8, 4) is 0 Å². The van der Waals surface area contributed by atoms with Crippen molar-refractivity contribution in [2.75, 3.05) is 23.9 Å². The van der Waals surface area contributed by atoms with Crippen LogP contribution in [0, 0.1) is 6.92 Å². The minimum atomic E-state index is -0.487. The van der Waals surface area contributed by atoms with E-state index in [0.717, 1.165) is 38.8 Å². The van der Waals surface area contributed by atoms with Gasteiger partial charge in [0.15, 0.2) is 0 Å². The van der Waals surface area contributed by atoms with E-state index in [0.29, 0.717) is 5.88 Å². The summed E-state index contributed by atoms with van der Waals surface area (Å²) in [6.07, 6.45) is 3.47. The molecule has 4 nitrogen and oxygen atoms in total. The first-order valence-electron chi connectivity index (χ1n) is 10.1. The Morgan fingerprint density at radius 1 is 1.22 bits per heavy atom. The van der Waals surface area contributed by atoms with Crippen molar-refractivity contribution in [3.63, 3.8) is 0 Å². The van der Waals surface area contributed by atoms with Crippen molar-refractivity contribution < 1.29 is 9.53 Å². The minimum absolute atomic E-state index is 0.0615. The number of rotatable bonds is 10. The van der Waals surface area contributed by atoms with Crippen LogP contribution < -0.4 is 10.2 Å². The number of ether oxygens (including phenoxy) is 1. The molecule has 5 heteroatoms. The highest BCUT2D eigenvalue weighted by Gasteiger charge is 2.20. The van der Waals surface area contributed by atoms with Crippen LogP contribution in [0.15, 0.2) is 18.2 Å². The van der Waals surface area contributed by atoms with Crippen LogP contribution in [0.4, 0.5) is 10.5 Å². The molecular formula is C22H37ClN2O2. The summed E-state index contributed by atoms with van der Waals surface area (Å²) < 4.78 is 5.44. The number of benzene rings is 1. The van der Waals surface area contributed by atoms with Gasteiger partial charge >= 0.3 is 6.09 Å². The molecule has 1 aromatic carbocycles. The van der Waals surface area contributed by atoms with Gasteiger partial charge in [-0.15, -0.1) is 11.6 Å². The summed E-state index contributed by atoms with van der Waals surface area (Å²) in [5.74, 6) is 0.613. The van der Waals surface area contributed by atoms with E-state index in [1.807, 2.05) is 20.8 Å². The van der Waals surface area contributed by atoms with Crippen molar-refractivity contribution in [1.82, 2.24) is 5.32 Å². The first kappa shape index (κ1) is 23.6. The van der Waals surface area contributed by atoms with E-state index in [4.69, 9.17) is 16.3 Å². The SMILES string of the molecule is CCCC(Cc1cc(N(CCC)CCCl)ccc1C)NC(=O)OC(C)(C)C. The second-order valence-corrected chi connectivity index (χ2v) is 8.50. The summed E-state index contributed by atoms with van der Waals surface area (Å²) in [7, 11) is 0. The summed E-state index contributed by atoms with van der Waals surface area (Å²) >= 11 is 5.99. The van der Waals surface area contributed by atoms with Gasteiger partial charge in [0, 0.05) is 30.7 Å². The first-order chi connectivity index (χ1) is 12.7. The molecule has 0 heterocycles. The second-order valence-electron chi connectivity index (χ2n) is 8.12. The van der Waals surface area contributed by atoms with Gasteiger partial charge in [-0.25, -0.2) is 4.79 Å². The zero-order valence-corrected chi connectivity index (χ0v) is 18.7. The Morgan fingerprint density at radius 2 is 1.93 bits per heavy atom. The smallest absolute Gasteiger partial charge is 0.407 e. The molecule has 27 heavy (non-hydrogen) atoms. The van der Waals surface area contributed by atoms with Gasteiger partial charge in [-0.1, -0.05) is 26.3 Å². The van der Waals surface area contributed by atoms with E-state index in [2.05, 4.69) is 49.2 Å². The van der Waals surface area contributed by atoms with Crippen LogP contribution >= 0.6 is 11.6 Å². The molecule has 1 rings (SSSR count). The van der Waals surface area contributed by atoms with E-state index in [1.54, 1.807) is 0 Å². The number of amides is 1. The molecule has 0 saturated heterocycles. The highest BCUT2D eigenvalue weighted by molar-refractivity contribution is 6.18. The van der Waals surface area contributed by atoms with E-state index >= 15 is 0 Å². The standard InChI is InChI=1S/C22H37ClN2O2/c1-7-9-19(24-21(26)27-22(4,5)6)15-18-16-20(11-10-17(18)3)25(13-8-2)14-12-23/h10-11,16,19H,7-9,12-15H2,1-6H3,(H,24,26). The van der Waals surface area contributed by atoms with Gasteiger partial charge in [0.2, 0.25) is 0 Å². The van der Waals surface area contributed by atoms with Crippen LogP contribution in [-0.2, 0) is 11.2 Å². The van der Waals surface area contributed by atoms with Gasteiger partial charge in [-0.3, -0.25) is 0 Å². The molecule has 1 atom stereocenters. The lowest BCUT2D eigenvalue weighted by Crippen LogP contribution is -2.40. The van der Waals surface area contributed by atoms with Gasteiger partial charge in [-0.2, -0.15) is 0 Å². The lowest BCUT2D eigenvalue weighted by atomic mass is 9.97. The number of carbonyl (C=O) groups excluding carboxylic acids is 1. The Balaban J connectivity index is 2.94. The fraction of sp³-hybridized carbons (Fsp3) is 0.682. The molecule has 0 aromatic heterocycles. The van der Waals surface area contributed by atoms with Crippen LogP contribution in [0.3, 0.4) is 0 Å². The number of anilines is 1. The monoisotopic (exact) mass is 396 g/mol. The molecule has 0 aliphatic heterocycles. The van der Waals surface area contributed by atoms with Gasteiger partial charge in [0.05, 0.1) is 0 Å². The number of carbonyl (C=O) groups is 1. The van der Waals surface area contributed by atoms with E-state index in [1.165, 1.54) is 16.8 Å². The Kier molecular flexibility index (Phi) is 10.00. The first-order valence-corrected chi connectivity index (χ1v) is 10.6. The lowest BCUT2D eigenvalue weighted by molar-refractivity contribution is 0.0501. The number of halogens is 1. The van der Waals surface area contributed by atoms with Gasteiger partial charge in [0.1, 0.15) is 5.60 Å². The molecular weight excluding hydrogens is 360 g/mol. The third-order valence-corrected chi connectivity index (χ3v) is 4.54. The number of hydrogen-bond donors (Lipinski definition) is 1. The summed E-state index contributed by atoms with van der Waals surface area (Å²) in [5.41, 5.74) is 3.22. The number of alkyl carbamates (subject to hydrolysis) is 1. The van der Waals surface area contributed by atoms with E-state index in [-0.39, 0.29) is 12.1 Å². The molecule has 1 N–H and O–H groups in total. The van der Waals surface area contributed by atoms with E-state index < -0.39 is 5.60 Å². The maximum atomic E-state index is 12.2. The number of nitrogens with zero attached hydrogens (tertiary/aromatic N) is 1. The Hall–Kier alpha value is -1.42. The average molecular weight is 397 g/mol. The molecule has 1 amide bonds. The maximum Gasteiger partial charge on any atom is 0.407 e. The van der Waals surface area contributed by atoms with Crippen LogP contribution in [0.5, 0.6) is 0 Å². The molecule has 0 fully saturated rings. The van der Waals surface area contributed by atoms with Crippen molar-refractivity contribution >= 4 is 23.4 Å². The Bertz CT molecular complexity index is 578. The second kappa shape index (κ2) is 11.4. The van der Waals surface area contributed by atoms with Gasteiger partial charge in [-0.05, 0) is 70.2 Å². The van der Waals surface area contributed by atoms with E-state index in [9.17, 15) is 4.79 Å². The molecule has 1 aromatic rings. The predicted octanol–water partition coefficient (Wildman–Crippen LogP) is 5.69. The molecule has 0 aliphatic carbocycles. The quantitative estimate of drug-likeness (QED) is 0.517. The number of nitrogens with one attached hydrogen (secondary N) is 1. The van der Waals surface area contributed by atoms with Crippen LogP contribution in [0.25, 0.3) is 0 Å². The number of alkyl halides is 1. The molecule has 0 bridgehead atoms. The fourth-order valence-corrected chi connectivity index (χ4v) is 3.33. The third kappa shape index (κ3) is 8.87. The summed E-state index contributed by atoms with van der Waals surface area (Å²) in [5, 5.41) is 3.05. The van der Waals surface area contributed by atoms with Crippen molar-refractivity contribution in [1.29, 1.82) is 0 Å². The Labute approximate surface area is 170 Å². The number of aryl methyl sites for hydroxylation is 1. The summed E-state index contributed by atoms with van der Waals surface area (Å²) in [6.45, 7) is 13.9. The molecule has 0 radical (unpaired) electrons. The molecule has 154 valence electrons.